The van der Waals surface area contributed by atoms with E-state index in [0.717, 1.165) is 18.2 Å². The van der Waals surface area contributed by atoms with Crippen molar-refractivity contribution in [1.29, 1.82) is 0 Å². The van der Waals surface area contributed by atoms with Crippen molar-refractivity contribution in [2.75, 3.05) is 5.32 Å². The highest BCUT2D eigenvalue weighted by Gasteiger charge is 2.13. The average Bonchev–Trinajstić information content (AvgIpc) is 3.15. The summed E-state index contributed by atoms with van der Waals surface area (Å²) >= 11 is 0. The largest absolute Gasteiger partial charge is 0.423 e. The first-order valence-corrected chi connectivity index (χ1v) is 7.32. The Kier molecular flexibility index (Phi) is 4.79. The summed E-state index contributed by atoms with van der Waals surface area (Å²) in [6.07, 6.45) is 3.56. The van der Waals surface area contributed by atoms with Crippen LogP contribution < -0.4 is 5.32 Å². The fourth-order valence-electron chi connectivity index (χ4n) is 2.19. The third-order valence-electron chi connectivity index (χ3n) is 3.34. The molecule has 9 heteroatoms. The Hall–Kier alpha value is -3.88. The molecule has 0 saturated heterocycles. The summed E-state index contributed by atoms with van der Waals surface area (Å²) in [6.45, 7) is 0. The van der Waals surface area contributed by atoms with Crippen LogP contribution in [0.3, 0.4) is 0 Å². The molecule has 0 aliphatic rings. The molecule has 0 aliphatic carbocycles. The normalized spacial score (nSPS) is 10.8. The lowest BCUT2D eigenvalue weighted by Gasteiger charge is -2.03. The molecule has 1 N–H and O–H groups in total. The van der Waals surface area contributed by atoms with Crippen molar-refractivity contribution in [3.8, 4) is 11.5 Å². The van der Waals surface area contributed by atoms with Crippen molar-refractivity contribution < 1.29 is 18.5 Å². The van der Waals surface area contributed by atoms with Gasteiger partial charge >= 0.3 is 0 Å². The number of benzene rings is 2. The lowest BCUT2D eigenvalue weighted by Crippen LogP contribution is -2.07. The minimum Gasteiger partial charge on any atom is -0.423 e. The number of aromatic nitrogens is 2. The molecule has 130 valence electrons. The lowest BCUT2D eigenvalue weighted by molar-refractivity contribution is -0.385. The third-order valence-corrected chi connectivity index (χ3v) is 3.34. The molecule has 8 nitrogen and oxygen atoms in total. The number of nitrogens with zero attached hydrogens (tertiary/aromatic N) is 3. The van der Waals surface area contributed by atoms with Gasteiger partial charge in [-0.2, -0.15) is 0 Å². The first kappa shape index (κ1) is 17.0. The second-order valence-corrected chi connectivity index (χ2v) is 5.11. The van der Waals surface area contributed by atoms with E-state index in [0.29, 0.717) is 17.1 Å². The molecule has 3 rings (SSSR count). The average molecular weight is 354 g/mol. The summed E-state index contributed by atoms with van der Waals surface area (Å²) in [5, 5.41) is 20.9. The van der Waals surface area contributed by atoms with Crippen LogP contribution in [0, 0.1) is 15.9 Å². The first-order valence-electron chi connectivity index (χ1n) is 7.32. The summed E-state index contributed by atoms with van der Waals surface area (Å²) in [5.74, 6) is -0.930. The van der Waals surface area contributed by atoms with Crippen LogP contribution in [-0.4, -0.2) is 21.0 Å². The molecule has 0 bridgehead atoms. The Labute approximate surface area is 146 Å². The second-order valence-electron chi connectivity index (χ2n) is 5.11. The number of carbonyl (C=O) groups is 1. The van der Waals surface area contributed by atoms with Gasteiger partial charge in [0, 0.05) is 17.3 Å². The molecular formula is C17H11FN4O4. The Morgan fingerprint density at radius 1 is 1.27 bits per heavy atom. The molecule has 0 radical (unpaired) electrons. The highest BCUT2D eigenvalue weighted by molar-refractivity contribution is 6.02. The minimum absolute atomic E-state index is 0.117. The molecule has 0 aliphatic heterocycles. The zero-order valence-electron chi connectivity index (χ0n) is 13.1. The van der Waals surface area contributed by atoms with Crippen LogP contribution >= 0.6 is 0 Å². The molecule has 26 heavy (non-hydrogen) atoms. The quantitative estimate of drug-likeness (QED) is 0.427. The number of nitro benzene ring substituents is 1. The fraction of sp³-hybridized carbons (Fsp3) is 0. The SMILES string of the molecule is O=C(C=Cc1ccc(F)cc1[N+](=O)[O-])Nc1cccc(-c2nnco2)c1. The van der Waals surface area contributed by atoms with E-state index in [2.05, 4.69) is 15.5 Å². The van der Waals surface area contributed by atoms with Crippen molar-refractivity contribution in [2.45, 2.75) is 0 Å². The van der Waals surface area contributed by atoms with Crippen molar-refractivity contribution >= 4 is 23.4 Å². The first-order chi connectivity index (χ1) is 12.5. The van der Waals surface area contributed by atoms with Gasteiger partial charge in [0.05, 0.1) is 16.6 Å². The topological polar surface area (TPSA) is 111 Å². The number of halogens is 1. The third kappa shape index (κ3) is 3.96. The van der Waals surface area contributed by atoms with Gasteiger partial charge in [-0.3, -0.25) is 14.9 Å². The monoisotopic (exact) mass is 354 g/mol. The number of hydrogen-bond acceptors (Lipinski definition) is 6. The Bertz CT molecular complexity index is 986. The van der Waals surface area contributed by atoms with E-state index < -0.39 is 22.3 Å². The van der Waals surface area contributed by atoms with Crippen LogP contribution in [-0.2, 0) is 4.79 Å². The maximum Gasteiger partial charge on any atom is 0.279 e. The second kappa shape index (κ2) is 7.34. The fourth-order valence-corrected chi connectivity index (χ4v) is 2.19. The van der Waals surface area contributed by atoms with E-state index in [1.165, 1.54) is 18.5 Å². The number of amides is 1. The molecular weight excluding hydrogens is 343 g/mol. The molecule has 2 aromatic carbocycles. The van der Waals surface area contributed by atoms with Crippen molar-refractivity contribution in [3.05, 3.63) is 76.4 Å². The van der Waals surface area contributed by atoms with Gasteiger partial charge in [0.2, 0.25) is 18.2 Å². The smallest absolute Gasteiger partial charge is 0.279 e. The van der Waals surface area contributed by atoms with Crippen molar-refractivity contribution in [3.63, 3.8) is 0 Å². The maximum atomic E-state index is 13.1. The number of nitro groups is 1. The summed E-state index contributed by atoms with van der Waals surface area (Å²) < 4.78 is 18.2. The molecule has 0 fully saturated rings. The zero-order chi connectivity index (χ0) is 18.5. The summed E-state index contributed by atoms with van der Waals surface area (Å²) in [5.41, 5.74) is 0.793. The van der Waals surface area contributed by atoms with Crippen LogP contribution in [0.1, 0.15) is 5.56 Å². The zero-order valence-corrected chi connectivity index (χ0v) is 13.1. The number of nitrogens with one attached hydrogen (secondary N) is 1. The molecule has 1 amide bonds. The highest BCUT2D eigenvalue weighted by atomic mass is 19.1. The molecule has 0 spiro atoms. The van der Waals surface area contributed by atoms with Gasteiger partial charge in [0.15, 0.2) is 0 Å². The van der Waals surface area contributed by atoms with E-state index in [9.17, 15) is 19.3 Å². The number of anilines is 1. The van der Waals surface area contributed by atoms with Crippen LogP contribution in [0.15, 0.2) is 59.4 Å². The standard InChI is InChI=1S/C17H11FN4O4/c18-13-6-4-11(15(9-13)22(24)25)5-7-16(23)20-14-3-1-2-12(8-14)17-21-19-10-26-17/h1-10H,(H,20,23). The van der Waals surface area contributed by atoms with E-state index in [-0.39, 0.29) is 5.56 Å². The minimum atomic E-state index is -0.726. The predicted molar refractivity (Wildman–Crippen MR) is 90.5 cm³/mol. The molecule has 0 atom stereocenters. The van der Waals surface area contributed by atoms with Gasteiger partial charge in [-0.15, -0.1) is 10.2 Å². The number of rotatable bonds is 5. The molecule has 1 heterocycles. The van der Waals surface area contributed by atoms with Crippen LogP contribution in [0.4, 0.5) is 15.8 Å². The van der Waals surface area contributed by atoms with Crippen molar-refractivity contribution in [1.82, 2.24) is 10.2 Å². The van der Waals surface area contributed by atoms with E-state index in [4.69, 9.17) is 4.42 Å². The number of carbonyl (C=O) groups excluding carboxylic acids is 1. The van der Waals surface area contributed by atoms with Gasteiger partial charge in [-0.1, -0.05) is 6.07 Å². The van der Waals surface area contributed by atoms with Gasteiger partial charge < -0.3 is 9.73 Å². The van der Waals surface area contributed by atoms with E-state index in [1.807, 2.05) is 0 Å². The summed E-state index contributed by atoms with van der Waals surface area (Å²) in [4.78, 5) is 22.3. The van der Waals surface area contributed by atoms with Crippen LogP contribution in [0.5, 0.6) is 0 Å². The maximum absolute atomic E-state index is 13.1. The molecule has 3 aromatic rings. The van der Waals surface area contributed by atoms with E-state index in [1.54, 1.807) is 24.3 Å². The Morgan fingerprint density at radius 2 is 2.12 bits per heavy atom. The predicted octanol–water partition coefficient (Wildman–Crippen LogP) is 3.44. The van der Waals surface area contributed by atoms with Gasteiger partial charge in [-0.25, -0.2) is 4.39 Å². The van der Waals surface area contributed by atoms with Crippen LogP contribution in [0.2, 0.25) is 0 Å². The van der Waals surface area contributed by atoms with Gasteiger partial charge in [0.25, 0.3) is 5.69 Å². The number of hydrogen-bond donors (Lipinski definition) is 1. The molecule has 0 unspecified atom stereocenters. The van der Waals surface area contributed by atoms with Crippen molar-refractivity contribution in [2.24, 2.45) is 0 Å². The van der Waals surface area contributed by atoms with Gasteiger partial charge in [0.1, 0.15) is 5.82 Å². The molecule has 0 saturated carbocycles. The highest BCUT2D eigenvalue weighted by Crippen LogP contribution is 2.22. The molecule has 1 aromatic heterocycles. The Morgan fingerprint density at radius 3 is 2.85 bits per heavy atom. The Balaban J connectivity index is 1.75. The summed E-state index contributed by atoms with van der Waals surface area (Å²) in [6, 6.07) is 9.84. The van der Waals surface area contributed by atoms with Gasteiger partial charge in [-0.05, 0) is 36.4 Å². The summed E-state index contributed by atoms with van der Waals surface area (Å²) in [7, 11) is 0. The van der Waals surface area contributed by atoms with E-state index >= 15 is 0 Å². The lowest BCUT2D eigenvalue weighted by atomic mass is 10.1. The van der Waals surface area contributed by atoms with Crippen LogP contribution in [0.25, 0.3) is 17.5 Å².